The largest absolute Gasteiger partial charge is 0.506 e. The summed E-state index contributed by atoms with van der Waals surface area (Å²) in [4.78, 5) is 16.8. The molecule has 0 bridgehead atoms. The highest BCUT2D eigenvalue weighted by Crippen LogP contribution is 2.28. The second kappa shape index (κ2) is 5.83. The summed E-state index contributed by atoms with van der Waals surface area (Å²) in [7, 11) is 0. The first-order valence-corrected chi connectivity index (χ1v) is 7.83. The highest BCUT2D eigenvalue weighted by Gasteiger charge is 2.21. The molecule has 2 N–H and O–H groups in total. The molecule has 0 saturated heterocycles. The Morgan fingerprint density at radius 2 is 1.96 bits per heavy atom. The first kappa shape index (κ1) is 16.3. The molecule has 3 rings (SSSR count). The summed E-state index contributed by atoms with van der Waals surface area (Å²) in [5.74, 6) is 0.258. The number of hydrogen-bond donors (Lipinski definition) is 2. The SMILES string of the molecule is CC(C)(C)c1nc2cc(NC(=O)c3ccc(O)c(Cl)c3)ccc2o1. The molecule has 0 unspecified atom stereocenters. The Morgan fingerprint density at radius 3 is 2.62 bits per heavy atom. The molecule has 6 heteroatoms. The molecular formula is C18H17ClN2O3. The Morgan fingerprint density at radius 1 is 1.21 bits per heavy atom. The van der Waals surface area contributed by atoms with Gasteiger partial charge in [0.2, 0.25) is 5.89 Å². The molecule has 2 aromatic carbocycles. The van der Waals surface area contributed by atoms with Crippen molar-refractivity contribution in [1.82, 2.24) is 4.98 Å². The fourth-order valence-electron chi connectivity index (χ4n) is 2.18. The Labute approximate surface area is 144 Å². The maximum absolute atomic E-state index is 12.3. The van der Waals surface area contributed by atoms with Gasteiger partial charge in [0.25, 0.3) is 5.91 Å². The number of amides is 1. The number of carbonyl (C=O) groups is 1. The van der Waals surface area contributed by atoms with E-state index in [0.717, 1.165) is 0 Å². The number of nitrogens with one attached hydrogen (secondary N) is 1. The lowest BCUT2D eigenvalue weighted by Crippen LogP contribution is -2.11. The average molecular weight is 345 g/mol. The van der Waals surface area contributed by atoms with Gasteiger partial charge in [-0.1, -0.05) is 32.4 Å². The van der Waals surface area contributed by atoms with Gasteiger partial charge in [-0.25, -0.2) is 4.98 Å². The van der Waals surface area contributed by atoms with Gasteiger partial charge in [-0.15, -0.1) is 0 Å². The quantitative estimate of drug-likeness (QED) is 0.704. The van der Waals surface area contributed by atoms with Crippen LogP contribution in [0.25, 0.3) is 11.1 Å². The number of anilines is 1. The van der Waals surface area contributed by atoms with E-state index in [4.69, 9.17) is 16.0 Å². The predicted molar refractivity (Wildman–Crippen MR) is 93.8 cm³/mol. The van der Waals surface area contributed by atoms with Crippen molar-refractivity contribution in [2.24, 2.45) is 0 Å². The molecule has 24 heavy (non-hydrogen) atoms. The molecule has 0 atom stereocenters. The van der Waals surface area contributed by atoms with Crippen molar-refractivity contribution in [1.29, 1.82) is 0 Å². The smallest absolute Gasteiger partial charge is 0.255 e. The van der Waals surface area contributed by atoms with E-state index in [1.807, 2.05) is 20.8 Å². The lowest BCUT2D eigenvalue weighted by Gasteiger charge is -2.11. The topological polar surface area (TPSA) is 75.4 Å². The van der Waals surface area contributed by atoms with Crippen LogP contribution in [-0.4, -0.2) is 16.0 Å². The molecule has 0 saturated carbocycles. The molecule has 0 fully saturated rings. The van der Waals surface area contributed by atoms with E-state index in [9.17, 15) is 9.90 Å². The van der Waals surface area contributed by atoms with E-state index < -0.39 is 0 Å². The molecule has 0 spiro atoms. The van der Waals surface area contributed by atoms with Crippen LogP contribution in [0.1, 0.15) is 37.0 Å². The number of nitrogens with zero attached hydrogens (tertiary/aromatic N) is 1. The van der Waals surface area contributed by atoms with Crippen LogP contribution < -0.4 is 5.32 Å². The Balaban J connectivity index is 1.86. The van der Waals surface area contributed by atoms with Crippen LogP contribution in [0.5, 0.6) is 5.75 Å². The minimum absolute atomic E-state index is 0.0630. The second-order valence-corrected chi connectivity index (χ2v) is 6.98. The molecule has 124 valence electrons. The standard InChI is InChI=1S/C18H17ClN2O3/c1-18(2,3)17-21-13-9-11(5-7-15(13)24-17)20-16(23)10-4-6-14(22)12(19)8-10/h4-9,22H,1-3H3,(H,20,23). The second-order valence-electron chi connectivity index (χ2n) is 6.57. The Bertz CT molecular complexity index is 926. The van der Waals surface area contributed by atoms with E-state index in [1.54, 1.807) is 18.2 Å². The van der Waals surface area contributed by atoms with Crippen LogP contribution in [0, 0.1) is 0 Å². The Hall–Kier alpha value is -2.53. The molecule has 1 amide bonds. The van der Waals surface area contributed by atoms with Crippen LogP contribution in [0.3, 0.4) is 0 Å². The number of aromatic hydroxyl groups is 1. The van der Waals surface area contributed by atoms with Crippen molar-refractivity contribution in [3.63, 3.8) is 0 Å². The van der Waals surface area contributed by atoms with Gasteiger partial charge in [0.15, 0.2) is 5.58 Å². The lowest BCUT2D eigenvalue weighted by molar-refractivity contribution is 0.102. The number of benzene rings is 2. The first-order valence-electron chi connectivity index (χ1n) is 7.45. The van der Waals surface area contributed by atoms with Crippen molar-refractivity contribution in [2.45, 2.75) is 26.2 Å². The van der Waals surface area contributed by atoms with Crippen molar-refractivity contribution >= 4 is 34.3 Å². The maximum atomic E-state index is 12.3. The normalized spacial score (nSPS) is 11.7. The molecular weight excluding hydrogens is 328 g/mol. The summed E-state index contributed by atoms with van der Waals surface area (Å²) in [5.41, 5.74) is 2.12. The zero-order valence-corrected chi connectivity index (χ0v) is 14.3. The van der Waals surface area contributed by atoms with Gasteiger partial charge in [-0.2, -0.15) is 0 Å². The number of fused-ring (bicyclic) bond motifs is 1. The predicted octanol–water partition coefficient (Wildman–Crippen LogP) is 4.74. The van der Waals surface area contributed by atoms with Gasteiger partial charge in [-0.05, 0) is 36.4 Å². The van der Waals surface area contributed by atoms with Crippen LogP contribution in [-0.2, 0) is 5.41 Å². The minimum Gasteiger partial charge on any atom is -0.506 e. The third kappa shape index (κ3) is 3.21. The van der Waals surface area contributed by atoms with E-state index in [0.29, 0.717) is 28.2 Å². The van der Waals surface area contributed by atoms with E-state index in [1.165, 1.54) is 18.2 Å². The van der Waals surface area contributed by atoms with Crippen molar-refractivity contribution in [3.05, 3.63) is 52.9 Å². The van der Waals surface area contributed by atoms with Crippen LogP contribution in [0.2, 0.25) is 5.02 Å². The molecule has 1 aromatic heterocycles. The number of halogens is 1. The summed E-state index contributed by atoms with van der Waals surface area (Å²) in [6.07, 6.45) is 0. The zero-order chi connectivity index (χ0) is 17.5. The number of aromatic nitrogens is 1. The Kier molecular flexibility index (Phi) is 3.97. The monoisotopic (exact) mass is 344 g/mol. The molecule has 3 aromatic rings. The number of oxazole rings is 1. The maximum Gasteiger partial charge on any atom is 0.255 e. The van der Waals surface area contributed by atoms with Gasteiger partial charge in [0, 0.05) is 16.7 Å². The molecule has 5 nitrogen and oxygen atoms in total. The van der Waals surface area contributed by atoms with Gasteiger partial charge >= 0.3 is 0 Å². The third-order valence-corrected chi connectivity index (χ3v) is 3.80. The van der Waals surface area contributed by atoms with E-state index >= 15 is 0 Å². The summed E-state index contributed by atoms with van der Waals surface area (Å²) < 4.78 is 5.74. The highest BCUT2D eigenvalue weighted by molar-refractivity contribution is 6.32. The fourth-order valence-corrected chi connectivity index (χ4v) is 2.36. The fraction of sp³-hybridized carbons (Fsp3) is 0.222. The minimum atomic E-state index is -0.323. The van der Waals surface area contributed by atoms with E-state index in [2.05, 4.69) is 10.3 Å². The number of rotatable bonds is 2. The van der Waals surface area contributed by atoms with Crippen molar-refractivity contribution in [3.8, 4) is 5.75 Å². The van der Waals surface area contributed by atoms with Gasteiger partial charge < -0.3 is 14.8 Å². The van der Waals surface area contributed by atoms with Crippen LogP contribution in [0.15, 0.2) is 40.8 Å². The average Bonchev–Trinajstić information content (AvgIpc) is 2.93. The molecule has 1 heterocycles. The summed E-state index contributed by atoms with van der Waals surface area (Å²) in [5, 5.41) is 12.3. The number of carbonyl (C=O) groups excluding carboxylic acids is 1. The number of phenols is 1. The van der Waals surface area contributed by atoms with Crippen molar-refractivity contribution < 1.29 is 14.3 Å². The van der Waals surface area contributed by atoms with Crippen LogP contribution in [0.4, 0.5) is 5.69 Å². The molecule has 0 aliphatic heterocycles. The summed E-state index contributed by atoms with van der Waals surface area (Å²) in [6, 6.07) is 9.58. The first-order chi connectivity index (χ1) is 11.2. The number of phenolic OH excluding ortho intramolecular Hbond substituents is 1. The zero-order valence-electron chi connectivity index (χ0n) is 13.6. The van der Waals surface area contributed by atoms with Gasteiger partial charge in [0.05, 0.1) is 5.02 Å². The third-order valence-electron chi connectivity index (χ3n) is 3.50. The highest BCUT2D eigenvalue weighted by atomic mass is 35.5. The molecule has 0 aliphatic carbocycles. The van der Waals surface area contributed by atoms with E-state index in [-0.39, 0.29) is 22.1 Å². The molecule has 0 aliphatic rings. The van der Waals surface area contributed by atoms with Crippen LogP contribution >= 0.6 is 11.6 Å². The molecule has 0 radical (unpaired) electrons. The van der Waals surface area contributed by atoms with Crippen molar-refractivity contribution in [2.75, 3.05) is 5.32 Å². The summed E-state index contributed by atoms with van der Waals surface area (Å²) in [6.45, 7) is 6.07. The van der Waals surface area contributed by atoms with Gasteiger partial charge in [0.1, 0.15) is 11.3 Å². The number of hydrogen-bond acceptors (Lipinski definition) is 4. The van der Waals surface area contributed by atoms with Gasteiger partial charge in [-0.3, -0.25) is 4.79 Å². The lowest BCUT2D eigenvalue weighted by atomic mass is 9.97. The summed E-state index contributed by atoms with van der Waals surface area (Å²) >= 11 is 5.83.